The minimum Gasteiger partial charge on any atom is -0.469 e. The summed E-state index contributed by atoms with van der Waals surface area (Å²) in [7, 11) is 0. The zero-order valence-electron chi connectivity index (χ0n) is 8.45. The number of hydrogen-bond acceptors (Lipinski definition) is 2. The predicted molar refractivity (Wildman–Crippen MR) is 53.2 cm³/mol. The highest BCUT2D eigenvalue weighted by atomic mass is 16.3. The van der Waals surface area contributed by atoms with Crippen molar-refractivity contribution in [2.24, 2.45) is 0 Å². The Bertz CT molecular complexity index is 324. The first-order valence-corrected chi connectivity index (χ1v) is 5.12. The second kappa shape index (κ2) is 3.86. The van der Waals surface area contributed by atoms with Crippen LogP contribution in [0.5, 0.6) is 0 Å². The molecule has 1 aliphatic rings. The number of amides is 1. The summed E-state index contributed by atoms with van der Waals surface area (Å²) >= 11 is 0. The Balaban J connectivity index is 2.11. The first-order valence-electron chi connectivity index (χ1n) is 5.12. The molecule has 2 rings (SSSR count). The first-order chi connectivity index (χ1) is 6.79. The number of likely N-dealkylation sites (tertiary alicyclic amines) is 1. The number of carbonyl (C=O) groups excluding carboxylic acids is 1. The molecule has 1 saturated heterocycles. The molecule has 1 amide bonds. The molecule has 0 aromatic carbocycles. The summed E-state index contributed by atoms with van der Waals surface area (Å²) in [5, 5.41) is 0. The van der Waals surface area contributed by atoms with Crippen LogP contribution in [0.4, 0.5) is 0 Å². The van der Waals surface area contributed by atoms with E-state index in [2.05, 4.69) is 0 Å². The lowest BCUT2D eigenvalue weighted by Crippen LogP contribution is -2.35. The minimum atomic E-state index is 0.121. The first kappa shape index (κ1) is 9.31. The summed E-state index contributed by atoms with van der Waals surface area (Å²) in [4.78, 5) is 13.9. The Kier molecular flexibility index (Phi) is 2.57. The SMILES string of the molecule is Cc1occc1C(=O)N1CCCCC1. The van der Waals surface area contributed by atoms with Crippen LogP contribution in [0.15, 0.2) is 16.7 Å². The molecule has 0 aliphatic carbocycles. The van der Waals surface area contributed by atoms with Crippen LogP contribution in [0.3, 0.4) is 0 Å². The third kappa shape index (κ3) is 1.67. The van der Waals surface area contributed by atoms with Crippen molar-refractivity contribution >= 4 is 5.91 Å². The highest BCUT2D eigenvalue weighted by Crippen LogP contribution is 2.16. The van der Waals surface area contributed by atoms with E-state index in [0.29, 0.717) is 5.56 Å². The molecular formula is C11H15NO2. The standard InChI is InChI=1S/C11H15NO2/c1-9-10(5-8-14-9)11(13)12-6-3-2-4-7-12/h5,8H,2-4,6-7H2,1H3. The van der Waals surface area contributed by atoms with Crippen molar-refractivity contribution in [1.29, 1.82) is 0 Å². The Hall–Kier alpha value is -1.25. The van der Waals surface area contributed by atoms with Crippen LogP contribution >= 0.6 is 0 Å². The van der Waals surface area contributed by atoms with E-state index in [1.165, 1.54) is 6.42 Å². The Morgan fingerprint density at radius 2 is 2.07 bits per heavy atom. The highest BCUT2D eigenvalue weighted by Gasteiger charge is 2.20. The summed E-state index contributed by atoms with van der Waals surface area (Å²) in [6, 6.07) is 1.76. The van der Waals surface area contributed by atoms with Gasteiger partial charge in [0.05, 0.1) is 11.8 Å². The molecule has 0 spiro atoms. The van der Waals surface area contributed by atoms with E-state index in [-0.39, 0.29) is 5.91 Å². The number of aryl methyl sites for hydroxylation is 1. The molecule has 1 fully saturated rings. The van der Waals surface area contributed by atoms with E-state index in [1.54, 1.807) is 12.3 Å². The lowest BCUT2D eigenvalue weighted by atomic mass is 10.1. The van der Waals surface area contributed by atoms with Gasteiger partial charge in [0.25, 0.3) is 5.91 Å². The van der Waals surface area contributed by atoms with Crippen LogP contribution < -0.4 is 0 Å². The van der Waals surface area contributed by atoms with Crippen molar-refractivity contribution < 1.29 is 9.21 Å². The van der Waals surface area contributed by atoms with E-state index < -0.39 is 0 Å². The van der Waals surface area contributed by atoms with Crippen molar-refractivity contribution in [3.8, 4) is 0 Å². The molecule has 2 heterocycles. The zero-order chi connectivity index (χ0) is 9.97. The van der Waals surface area contributed by atoms with E-state index in [0.717, 1.165) is 31.7 Å². The average Bonchev–Trinajstić information content (AvgIpc) is 2.65. The molecule has 0 saturated carbocycles. The largest absolute Gasteiger partial charge is 0.469 e. The van der Waals surface area contributed by atoms with Gasteiger partial charge in [-0.25, -0.2) is 0 Å². The molecule has 3 nitrogen and oxygen atoms in total. The van der Waals surface area contributed by atoms with Gasteiger partial charge in [0.15, 0.2) is 0 Å². The van der Waals surface area contributed by atoms with Crippen molar-refractivity contribution in [2.75, 3.05) is 13.1 Å². The maximum Gasteiger partial charge on any atom is 0.257 e. The van der Waals surface area contributed by atoms with Gasteiger partial charge in [-0.15, -0.1) is 0 Å². The molecular weight excluding hydrogens is 178 g/mol. The topological polar surface area (TPSA) is 33.5 Å². The highest BCUT2D eigenvalue weighted by molar-refractivity contribution is 5.95. The van der Waals surface area contributed by atoms with Crippen molar-refractivity contribution in [3.05, 3.63) is 23.7 Å². The fourth-order valence-electron chi connectivity index (χ4n) is 1.87. The van der Waals surface area contributed by atoms with Gasteiger partial charge in [0, 0.05) is 13.1 Å². The summed E-state index contributed by atoms with van der Waals surface area (Å²) in [6.45, 7) is 3.62. The Morgan fingerprint density at radius 1 is 1.36 bits per heavy atom. The number of nitrogens with zero attached hydrogens (tertiary/aromatic N) is 1. The van der Waals surface area contributed by atoms with Crippen LogP contribution in [0.25, 0.3) is 0 Å². The summed E-state index contributed by atoms with van der Waals surface area (Å²) in [5.74, 6) is 0.844. The van der Waals surface area contributed by atoms with E-state index in [1.807, 2.05) is 11.8 Å². The maximum atomic E-state index is 11.9. The monoisotopic (exact) mass is 193 g/mol. The van der Waals surface area contributed by atoms with Crippen LogP contribution in [0.1, 0.15) is 35.4 Å². The molecule has 1 aromatic rings. The van der Waals surface area contributed by atoms with Crippen molar-refractivity contribution in [2.45, 2.75) is 26.2 Å². The van der Waals surface area contributed by atoms with Gasteiger partial charge in [0.1, 0.15) is 5.76 Å². The second-order valence-corrected chi connectivity index (χ2v) is 3.74. The summed E-state index contributed by atoms with van der Waals surface area (Å²) in [6.07, 6.45) is 5.08. The molecule has 0 bridgehead atoms. The normalized spacial score (nSPS) is 17.1. The van der Waals surface area contributed by atoms with Crippen LogP contribution in [-0.2, 0) is 0 Å². The molecule has 3 heteroatoms. The van der Waals surface area contributed by atoms with Crippen LogP contribution in [0, 0.1) is 6.92 Å². The third-order valence-corrected chi connectivity index (χ3v) is 2.73. The lowest BCUT2D eigenvalue weighted by Gasteiger charge is -2.26. The number of hydrogen-bond donors (Lipinski definition) is 0. The molecule has 76 valence electrons. The molecule has 1 aliphatic heterocycles. The number of carbonyl (C=O) groups is 1. The smallest absolute Gasteiger partial charge is 0.257 e. The number of rotatable bonds is 1. The lowest BCUT2D eigenvalue weighted by molar-refractivity contribution is 0.0722. The zero-order valence-corrected chi connectivity index (χ0v) is 8.45. The van der Waals surface area contributed by atoms with Gasteiger partial charge in [-0.3, -0.25) is 4.79 Å². The molecule has 0 unspecified atom stereocenters. The minimum absolute atomic E-state index is 0.121. The molecule has 1 aromatic heterocycles. The molecule has 0 N–H and O–H groups in total. The second-order valence-electron chi connectivity index (χ2n) is 3.74. The predicted octanol–water partition coefficient (Wildman–Crippen LogP) is 2.21. The third-order valence-electron chi connectivity index (χ3n) is 2.73. The van der Waals surface area contributed by atoms with Gasteiger partial charge in [-0.05, 0) is 32.3 Å². The molecule has 0 atom stereocenters. The fourth-order valence-corrected chi connectivity index (χ4v) is 1.87. The van der Waals surface area contributed by atoms with Gasteiger partial charge < -0.3 is 9.32 Å². The molecule has 0 radical (unpaired) electrons. The van der Waals surface area contributed by atoms with Crippen LogP contribution in [-0.4, -0.2) is 23.9 Å². The van der Waals surface area contributed by atoms with Gasteiger partial charge >= 0.3 is 0 Å². The van der Waals surface area contributed by atoms with Gasteiger partial charge in [-0.1, -0.05) is 0 Å². The Morgan fingerprint density at radius 3 is 2.64 bits per heavy atom. The Labute approximate surface area is 83.7 Å². The number of furan rings is 1. The number of piperidine rings is 1. The fraction of sp³-hybridized carbons (Fsp3) is 0.545. The average molecular weight is 193 g/mol. The van der Waals surface area contributed by atoms with Crippen molar-refractivity contribution in [3.63, 3.8) is 0 Å². The van der Waals surface area contributed by atoms with Gasteiger partial charge in [0.2, 0.25) is 0 Å². The quantitative estimate of drug-likeness (QED) is 0.685. The van der Waals surface area contributed by atoms with Crippen LogP contribution in [0.2, 0.25) is 0 Å². The van der Waals surface area contributed by atoms with Gasteiger partial charge in [-0.2, -0.15) is 0 Å². The maximum absolute atomic E-state index is 11.9. The van der Waals surface area contributed by atoms with Crippen molar-refractivity contribution in [1.82, 2.24) is 4.90 Å². The van der Waals surface area contributed by atoms with E-state index in [9.17, 15) is 4.79 Å². The van der Waals surface area contributed by atoms with E-state index in [4.69, 9.17) is 4.42 Å². The molecule has 14 heavy (non-hydrogen) atoms. The summed E-state index contributed by atoms with van der Waals surface area (Å²) in [5.41, 5.74) is 0.715. The van der Waals surface area contributed by atoms with E-state index >= 15 is 0 Å². The summed E-state index contributed by atoms with van der Waals surface area (Å²) < 4.78 is 5.13.